The SMILES string of the molecule is CC(=O)C1CCC(N(N)/C(=N\N)C(F)(F)F)CC1. The number of amidine groups is 1. The molecular formula is C10H17F3N4O. The van der Waals surface area contributed by atoms with E-state index in [1.807, 2.05) is 0 Å². The molecule has 0 radical (unpaired) electrons. The zero-order chi connectivity index (χ0) is 13.9. The number of carbonyl (C=O) groups excluding carboxylic acids is 1. The third kappa shape index (κ3) is 3.34. The van der Waals surface area contributed by atoms with Crippen LogP contribution in [0.3, 0.4) is 0 Å². The molecule has 0 saturated heterocycles. The zero-order valence-electron chi connectivity index (χ0n) is 10.1. The van der Waals surface area contributed by atoms with Crippen LogP contribution in [0.2, 0.25) is 0 Å². The van der Waals surface area contributed by atoms with Crippen LogP contribution in [0, 0.1) is 5.92 Å². The minimum Gasteiger partial charge on any atom is -0.321 e. The molecule has 104 valence electrons. The van der Waals surface area contributed by atoms with E-state index in [0.29, 0.717) is 30.7 Å². The zero-order valence-corrected chi connectivity index (χ0v) is 10.1. The van der Waals surface area contributed by atoms with Gasteiger partial charge in [-0.2, -0.15) is 18.3 Å². The lowest BCUT2D eigenvalue weighted by Crippen LogP contribution is -2.53. The number of Topliss-reactive ketones (excluding diaryl/α,β-unsaturated/α-hetero) is 1. The van der Waals surface area contributed by atoms with Gasteiger partial charge in [-0.15, -0.1) is 0 Å². The molecule has 4 N–H and O–H groups in total. The van der Waals surface area contributed by atoms with Crippen LogP contribution in [-0.4, -0.2) is 28.8 Å². The van der Waals surface area contributed by atoms with Crippen molar-refractivity contribution in [1.82, 2.24) is 5.01 Å². The van der Waals surface area contributed by atoms with E-state index in [9.17, 15) is 18.0 Å². The van der Waals surface area contributed by atoms with Crippen molar-refractivity contribution in [2.45, 2.75) is 44.8 Å². The Morgan fingerprint density at radius 3 is 2.11 bits per heavy atom. The van der Waals surface area contributed by atoms with Gasteiger partial charge in [0.1, 0.15) is 5.78 Å². The molecule has 1 aliphatic rings. The Bertz CT molecular complexity index is 335. The minimum atomic E-state index is -4.67. The van der Waals surface area contributed by atoms with Crippen LogP contribution in [0.4, 0.5) is 13.2 Å². The fourth-order valence-corrected chi connectivity index (χ4v) is 2.22. The molecule has 0 aromatic heterocycles. The Hall–Kier alpha value is -1.31. The minimum absolute atomic E-state index is 0.0700. The van der Waals surface area contributed by atoms with Gasteiger partial charge in [-0.25, -0.2) is 5.84 Å². The average Bonchev–Trinajstić information content (AvgIpc) is 2.28. The molecule has 1 aliphatic carbocycles. The number of hydrazone groups is 1. The van der Waals surface area contributed by atoms with Crippen molar-refractivity contribution in [1.29, 1.82) is 0 Å². The quantitative estimate of drug-likeness (QED) is 0.340. The number of ketones is 1. The molecule has 0 atom stereocenters. The molecule has 5 nitrogen and oxygen atoms in total. The first kappa shape index (κ1) is 14.7. The van der Waals surface area contributed by atoms with Crippen molar-refractivity contribution < 1.29 is 18.0 Å². The summed E-state index contributed by atoms with van der Waals surface area (Å²) in [7, 11) is 0. The van der Waals surface area contributed by atoms with Gasteiger partial charge >= 0.3 is 6.18 Å². The molecule has 1 fully saturated rings. The number of hydrazine groups is 1. The lowest BCUT2D eigenvalue weighted by molar-refractivity contribution is -0.122. The summed E-state index contributed by atoms with van der Waals surface area (Å²) in [6, 6.07) is -0.482. The van der Waals surface area contributed by atoms with Gasteiger partial charge in [0, 0.05) is 12.0 Å². The maximum atomic E-state index is 12.5. The maximum absolute atomic E-state index is 12.5. The summed E-state index contributed by atoms with van der Waals surface area (Å²) in [6.45, 7) is 1.49. The largest absolute Gasteiger partial charge is 0.452 e. The topological polar surface area (TPSA) is 84.7 Å². The average molecular weight is 266 g/mol. The molecule has 0 amide bonds. The van der Waals surface area contributed by atoms with E-state index in [1.54, 1.807) is 0 Å². The van der Waals surface area contributed by atoms with E-state index in [4.69, 9.17) is 11.7 Å². The molecule has 1 rings (SSSR count). The van der Waals surface area contributed by atoms with E-state index >= 15 is 0 Å². The Balaban J connectivity index is 2.65. The summed E-state index contributed by atoms with van der Waals surface area (Å²) in [4.78, 5) is 11.2. The number of alkyl halides is 3. The first-order chi connectivity index (χ1) is 8.27. The monoisotopic (exact) mass is 266 g/mol. The number of hydrogen-bond acceptors (Lipinski definition) is 4. The summed E-state index contributed by atoms with van der Waals surface area (Å²) < 4.78 is 37.6. The molecule has 0 aromatic rings. The van der Waals surface area contributed by atoms with Crippen LogP contribution in [0.15, 0.2) is 5.10 Å². The third-order valence-corrected chi connectivity index (χ3v) is 3.29. The number of nitrogens with two attached hydrogens (primary N) is 2. The molecule has 0 aromatic carbocycles. The highest BCUT2D eigenvalue weighted by atomic mass is 19.4. The van der Waals surface area contributed by atoms with Crippen LogP contribution < -0.4 is 11.7 Å². The summed E-state index contributed by atoms with van der Waals surface area (Å²) in [5, 5.41) is 3.29. The number of hydrogen-bond donors (Lipinski definition) is 2. The van der Waals surface area contributed by atoms with Gasteiger partial charge in [-0.1, -0.05) is 0 Å². The van der Waals surface area contributed by atoms with Gasteiger partial charge in [0.2, 0.25) is 5.84 Å². The molecule has 8 heteroatoms. The molecule has 0 aliphatic heterocycles. The van der Waals surface area contributed by atoms with E-state index in [-0.39, 0.29) is 11.7 Å². The molecule has 0 heterocycles. The fourth-order valence-electron chi connectivity index (χ4n) is 2.22. The van der Waals surface area contributed by atoms with E-state index in [2.05, 4.69) is 5.10 Å². The van der Waals surface area contributed by atoms with Gasteiger partial charge in [0.05, 0.1) is 0 Å². The van der Waals surface area contributed by atoms with Crippen molar-refractivity contribution in [2.75, 3.05) is 0 Å². The second kappa shape index (κ2) is 5.55. The first-order valence-electron chi connectivity index (χ1n) is 5.66. The second-order valence-corrected chi connectivity index (χ2v) is 4.47. The van der Waals surface area contributed by atoms with Crippen molar-refractivity contribution in [3.05, 3.63) is 0 Å². The smallest absolute Gasteiger partial charge is 0.321 e. The predicted molar refractivity (Wildman–Crippen MR) is 60.1 cm³/mol. The van der Waals surface area contributed by atoms with Gasteiger partial charge in [-0.3, -0.25) is 9.80 Å². The molecule has 0 bridgehead atoms. The van der Waals surface area contributed by atoms with Crippen LogP contribution in [0.5, 0.6) is 0 Å². The fraction of sp³-hybridized carbons (Fsp3) is 0.800. The highest BCUT2D eigenvalue weighted by molar-refractivity contribution is 5.87. The summed E-state index contributed by atoms with van der Waals surface area (Å²) >= 11 is 0. The van der Waals surface area contributed by atoms with Crippen molar-refractivity contribution in [3.63, 3.8) is 0 Å². The van der Waals surface area contributed by atoms with Gasteiger partial charge in [-0.05, 0) is 32.6 Å². The van der Waals surface area contributed by atoms with Crippen LogP contribution in [-0.2, 0) is 4.79 Å². The van der Waals surface area contributed by atoms with Crippen molar-refractivity contribution >= 4 is 11.6 Å². The summed E-state index contributed by atoms with van der Waals surface area (Å²) in [6.07, 6.45) is -2.72. The Morgan fingerprint density at radius 2 is 1.78 bits per heavy atom. The standard InChI is InChI=1S/C10H17F3N4O/c1-6(18)7-2-4-8(5-3-7)17(15)9(16-14)10(11,12)13/h7-8H,2-5,14-15H2,1H3/b16-9-. The number of rotatable bonds is 2. The molecular weight excluding hydrogens is 249 g/mol. The Morgan fingerprint density at radius 1 is 1.28 bits per heavy atom. The summed E-state index contributed by atoms with van der Waals surface area (Å²) in [5.41, 5.74) is 0. The molecule has 1 saturated carbocycles. The van der Waals surface area contributed by atoms with Crippen LogP contribution >= 0.6 is 0 Å². The number of carbonyl (C=O) groups is 1. The highest BCUT2D eigenvalue weighted by Gasteiger charge is 2.42. The Kier molecular flexibility index (Phi) is 4.55. The molecule has 0 spiro atoms. The molecule has 18 heavy (non-hydrogen) atoms. The van der Waals surface area contributed by atoms with Gasteiger partial charge in [0.25, 0.3) is 0 Å². The summed E-state index contributed by atoms with van der Waals surface area (Å²) in [5.74, 6) is 8.88. The van der Waals surface area contributed by atoms with Gasteiger partial charge < -0.3 is 5.84 Å². The normalized spacial score (nSPS) is 25.9. The number of nitrogens with zero attached hydrogens (tertiary/aromatic N) is 2. The van der Waals surface area contributed by atoms with Gasteiger partial charge in [0.15, 0.2) is 0 Å². The van der Waals surface area contributed by atoms with Crippen molar-refractivity contribution in [2.24, 2.45) is 22.7 Å². The Labute approximate surface area is 103 Å². The lowest BCUT2D eigenvalue weighted by atomic mass is 9.83. The second-order valence-electron chi connectivity index (χ2n) is 4.47. The van der Waals surface area contributed by atoms with Crippen LogP contribution in [0.1, 0.15) is 32.6 Å². The van der Waals surface area contributed by atoms with E-state index in [0.717, 1.165) is 0 Å². The van der Waals surface area contributed by atoms with E-state index < -0.39 is 18.1 Å². The lowest BCUT2D eigenvalue weighted by Gasteiger charge is -2.35. The van der Waals surface area contributed by atoms with Crippen LogP contribution in [0.25, 0.3) is 0 Å². The predicted octanol–water partition coefficient (Wildman–Crippen LogP) is 1.14. The van der Waals surface area contributed by atoms with E-state index in [1.165, 1.54) is 6.92 Å². The maximum Gasteiger partial charge on any atom is 0.452 e. The highest BCUT2D eigenvalue weighted by Crippen LogP contribution is 2.29. The molecule has 0 unspecified atom stereocenters. The number of halogens is 3. The first-order valence-corrected chi connectivity index (χ1v) is 5.66. The van der Waals surface area contributed by atoms with Crippen molar-refractivity contribution in [3.8, 4) is 0 Å². The third-order valence-electron chi connectivity index (χ3n) is 3.29.